The van der Waals surface area contributed by atoms with Gasteiger partial charge in [-0.05, 0) is 43.4 Å². The molecule has 0 radical (unpaired) electrons. The Morgan fingerprint density at radius 3 is 2.84 bits per heavy atom. The van der Waals surface area contributed by atoms with E-state index in [1.165, 1.54) is 41.3 Å². The monoisotopic (exact) mass is 278 g/mol. The van der Waals surface area contributed by atoms with Gasteiger partial charge in [-0.25, -0.2) is 4.98 Å². The van der Waals surface area contributed by atoms with Gasteiger partial charge in [0.05, 0.1) is 10.7 Å². The van der Waals surface area contributed by atoms with Crippen molar-refractivity contribution in [3.8, 4) is 0 Å². The van der Waals surface area contributed by atoms with Crippen molar-refractivity contribution in [3.63, 3.8) is 0 Å². The molecule has 0 aromatic carbocycles. The molecule has 0 saturated heterocycles. The summed E-state index contributed by atoms with van der Waals surface area (Å²) in [6.07, 6.45) is 7.61. The Bertz CT molecular complexity index is 463. The third-order valence-electron chi connectivity index (χ3n) is 4.97. The van der Waals surface area contributed by atoms with Crippen molar-refractivity contribution in [2.75, 3.05) is 0 Å². The Labute approximate surface area is 120 Å². The minimum Gasteiger partial charge on any atom is -0.323 e. The average molecular weight is 278 g/mol. The minimum atomic E-state index is 0.216. The summed E-state index contributed by atoms with van der Waals surface area (Å²) in [5, 5.41) is 1.38. The Morgan fingerprint density at radius 1 is 1.37 bits per heavy atom. The van der Waals surface area contributed by atoms with E-state index in [-0.39, 0.29) is 6.04 Å². The highest BCUT2D eigenvalue weighted by Gasteiger charge is 2.35. The molecule has 1 aromatic heterocycles. The smallest absolute Gasteiger partial charge is 0.0962 e. The Kier molecular flexibility index (Phi) is 3.46. The SMILES string of the molecule is CCC1CCC(c2nc3c(s2)C(N)CC(C)(C)C3)C1. The van der Waals surface area contributed by atoms with Crippen LogP contribution in [0, 0.1) is 11.3 Å². The van der Waals surface area contributed by atoms with Gasteiger partial charge in [-0.15, -0.1) is 11.3 Å². The fourth-order valence-corrected chi connectivity index (χ4v) is 5.09. The first-order chi connectivity index (χ1) is 8.98. The van der Waals surface area contributed by atoms with Crippen LogP contribution in [-0.2, 0) is 6.42 Å². The molecule has 0 amide bonds. The van der Waals surface area contributed by atoms with Gasteiger partial charge in [-0.2, -0.15) is 0 Å². The predicted molar refractivity (Wildman–Crippen MR) is 81.5 cm³/mol. The van der Waals surface area contributed by atoms with Crippen molar-refractivity contribution in [3.05, 3.63) is 15.6 Å². The summed E-state index contributed by atoms with van der Waals surface area (Å²) in [5.41, 5.74) is 7.99. The Balaban J connectivity index is 1.83. The molecule has 1 heterocycles. The van der Waals surface area contributed by atoms with E-state index in [1.54, 1.807) is 0 Å². The van der Waals surface area contributed by atoms with Gasteiger partial charge >= 0.3 is 0 Å². The van der Waals surface area contributed by atoms with E-state index in [0.29, 0.717) is 5.41 Å². The van der Waals surface area contributed by atoms with Crippen molar-refractivity contribution in [1.82, 2.24) is 4.98 Å². The van der Waals surface area contributed by atoms with Crippen LogP contribution in [-0.4, -0.2) is 4.98 Å². The molecule has 0 aliphatic heterocycles. The number of thiazole rings is 1. The van der Waals surface area contributed by atoms with E-state index in [1.807, 2.05) is 11.3 Å². The molecule has 2 nitrogen and oxygen atoms in total. The predicted octanol–water partition coefficient (Wildman–Crippen LogP) is 4.41. The minimum absolute atomic E-state index is 0.216. The van der Waals surface area contributed by atoms with Crippen LogP contribution >= 0.6 is 11.3 Å². The molecular formula is C16H26N2S. The summed E-state index contributed by atoms with van der Waals surface area (Å²) in [4.78, 5) is 6.37. The normalized spacial score (nSPS) is 33.4. The van der Waals surface area contributed by atoms with Crippen LogP contribution in [0.5, 0.6) is 0 Å². The highest BCUT2D eigenvalue weighted by molar-refractivity contribution is 7.12. The lowest BCUT2D eigenvalue weighted by Gasteiger charge is -2.32. The molecule has 1 aromatic rings. The number of aromatic nitrogens is 1. The van der Waals surface area contributed by atoms with Crippen molar-refractivity contribution in [1.29, 1.82) is 0 Å². The number of hydrogen-bond acceptors (Lipinski definition) is 3. The maximum Gasteiger partial charge on any atom is 0.0962 e. The third-order valence-corrected chi connectivity index (χ3v) is 6.36. The van der Waals surface area contributed by atoms with Crippen LogP contribution in [0.3, 0.4) is 0 Å². The number of rotatable bonds is 2. The van der Waals surface area contributed by atoms with Gasteiger partial charge in [0.1, 0.15) is 0 Å². The lowest BCUT2D eigenvalue weighted by Crippen LogP contribution is -2.28. The summed E-state index contributed by atoms with van der Waals surface area (Å²) in [7, 11) is 0. The van der Waals surface area contributed by atoms with Crippen LogP contribution in [0.2, 0.25) is 0 Å². The van der Waals surface area contributed by atoms with Crippen molar-refractivity contribution < 1.29 is 0 Å². The summed E-state index contributed by atoms with van der Waals surface area (Å²) in [5.74, 6) is 1.65. The quantitative estimate of drug-likeness (QED) is 0.870. The summed E-state index contributed by atoms with van der Waals surface area (Å²) in [6, 6.07) is 0.216. The molecule has 3 atom stereocenters. The van der Waals surface area contributed by atoms with Crippen LogP contribution in [0.4, 0.5) is 0 Å². The Morgan fingerprint density at radius 2 is 2.16 bits per heavy atom. The molecule has 1 saturated carbocycles. The largest absolute Gasteiger partial charge is 0.323 e. The molecule has 1 fully saturated rings. The van der Waals surface area contributed by atoms with E-state index >= 15 is 0 Å². The number of hydrogen-bond donors (Lipinski definition) is 1. The highest BCUT2D eigenvalue weighted by Crippen LogP contribution is 2.46. The average Bonchev–Trinajstić information content (AvgIpc) is 2.92. The fraction of sp³-hybridized carbons (Fsp3) is 0.812. The van der Waals surface area contributed by atoms with E-state index in [0.717, 1.165) is 24.7 Å². The van der Waals surface area contributed by atoms with Crippen molar-refractivity contribution >= 4 is 11.3 Å². The first kappa shape index (κ1) is 13.6. The highest BCUT2D eigenvalue weighted by atomic mass is 32.1. The third kappa shape index (κ3) is 2.59. The molecular weight excluding hydrogens is 252 g/mol. The summed E-state index contributed by atoms with van der Waals surface area (Å²) < 4.78 is 0. The van der Waals surface area contributed by atoms with Crippen LogP contribution < -0.4 is 5.73 Å². The zero-order valence-corrected chi connectivity index (χ0v) is 13.2. The van der Waals surface area contributed by atoms with Crippen molar-refractivity contribution in [2.24, 2.45) is 17.1 Å². The standard InChI is InChI=1S/C16H26N2S/c1-4-10-5-6-11(7-10)15-18-13-9-16(2,3)8-12(17)14(13)19-15/h10-12H,4-9,17H2,1-3H3. The lowest BCUT2D eigenvalue weighted by atomic mass is 9.77. The van der Waals surface area contributed by atoms with Gasteiger partial charge in [0.25, 0.3) is 0 Å². The molecule has 0 spiro atoms. The van der Waals surface area contributed by atoms with Crippen LogP contribution in [0.25, 0.3) is 0 Å². The molecule has 2 N–H and O–H groups in total. The lowest BCUT2D eigenvalue weighted by molar-refractivity contribution is 0.282. The van der Waals surface area contributed by atoms with Crippen molar-refractivity contribution in [2.45, 2.75) is 71.3 Å². The molecule has 106 valence electrons. The second-order valence-electron chi connectivity index (χ2n) is 7.30. The van der Waals surface area contributed by atoms with Gasteiger partial charge in [0.15, 0.2) is 0 Å². The van der Waals surface area contributed by atoms with Gasteiger partial charge in [0.2, 0.25) is 0 Å². The molecule has 19 heavy (non-hydrogen) atoms. The van der Waals surface area contributed by atoms with Gasteiger partial charge < -0.3 is 5.73 Å². The van der Waals surface area contributed by atoms with E-state index in [9.17, 15) is 0 Å². The van der Waals surface area contributed by atoms with Crippen LogP contribution in [0.1, 0.15) is 80.4 Å². The number of nitrogens with two attached hydrogens (primary N) is 1. The number of nitrogens with zero attached hydrogens (tertiary/aromatic N) is 1. The molecule has 3 heteroatoms. The maximum atomic E-state index is 6.36. The molecule has 2 aliphatic carbocycles. The molecule has 0 bridgehead atoms. The maximum absolute atomic E-state index is 6.36. The molecule has 3 unspecified atom stereocenters. The second kappa shape index (κ2) is 4.85. The van der Waals surface area contributed by atoms with E-state index in [4.69, 9.17) is 10.7 Å². The van der Waals surface area contributed by atoms with Gasteiger partial charge in [-0.3, -0.25) is 0 Å². The fourth-order valence-electron chi connectivity index (χ4n) is 3.86. The zero-order valence-electron chi connectivity index (χ0n) is 12.4. The Hall–Kier alpha value is -0.410. The van der Waals surface area contributed by atoms with E-state index < -0.39 is 0 Å². The second-order valence-corrected chi connectivity index (χ2v) is 8.36. The zero-order chi connectivity index (χ0) is 13.6. The first-order valence-corrected chi connectivity index (χ1v) is 8.55. The summed E-state index contributed by atoms with van der Waals surface area (Å²) in [6.45, 7) is 6.95. The first-order valence-electron chi connectivity index (χ1n) is 7.73. The van der Waals surface area contributed by atoms with Gasteiger partial charge in [0, 0.05) is 16.8 Å². The molecule has 3 rings (SSSR count). The summed E-state index contributed by atoms with van der Waals surface area (Å²) >= 11 is 1.92. The number of fused-ring (bicyclic) bond motifs is 1. The van der Waals surface area contributed by atoms with Crippen LogP contribution in [0.15, 0.2) is 0 Å². The van der Waals surface area contributed by atoms with Gasteiger partial charge in [-0.1, -0.05) is 27.2 Å². The van der Waals surface area contributed by atoms with E-state index in [2.05, 4.69) is 20.8 Å². The molecule has 2 aliphatic rings. The topological polar surface area (TPSA) is 38.9 Å².